The molecule has 98 valence electrons. The van der Waals surface area contributed by atoms with Crippen molar-refractivity contribution in [3.63, 3.8) is 0 Å². The molecule has 6 nitrogen and oxygen atoms in total. The van der Waals surface area contributed by atoms with Crippen LogP contribution in [0.5, 0.6) is 0 Å². The van der Waals surface area contributed by atoms with E-state index in [1.165, 1.54) is 6.07 Å². The highest BCUT2D eigenvalue weighted by Crippen LogP contribution is 2.28. The van der Waals surface area contributed by atoms with E-state index >= 15 is 0 Å². The Morgan fingerprint density at radius 3 is 2.56 bits per heavy atom. The third-order valence-corrected chi connectivity index (χ3v) is 3.32. The third kappa shape index (κ3) is 2.37. The van der Waals surface area contributed by atoms with E-state index in [1.54, 1.807) is 6.92 Å². The van der Waals surface area contributed by atoms with Gasteiger partial charge >= 0.3 is 5.97 Å². The number of carboxylic acid groups (broad SMARTS) is 1. The first kappa shape index (κ1) is 12.6. The number of aliphatic carboxylic acids is 1. The van der Waals surface area contributed by atoms with Crippen LogP contribution >= 0.6 is 0 Å². The summed E-state index contributed by atoms with van der Waals surface area (Å²) in [6.45, 7) is 1.70. The average molecular weight is 252 g/mol. The number of hydrogen-bond acceptors (Lipinski definition) is 4. The molecule has 1 aromatic rings. The second-order valence-corrected chi connectivity index (χ2v) is 4.73. The second kappa shape index (κ2) is 4.80. The molecule has 0 bridgehead atoms. The average Bonchev–Trinajstić information content (AvgIpc) is 2.77. The highest BCUT2D eigenvalue weighted by atomic mass is 16.5. The fourth-order valence-electron chi connectivity index (χ4n) is 2.30. The van der Waals surface area contributed by atoms with Crippen LogP contribution in [0.25, 0.3) is 0 Å². The van der Waals surface area contributed by atoms with Crippen molar-refractivity contribution in [2.75, 3.05) is 0 Å². The lowest BCUT2D eigenvalue weighted by Gasteiger charge is -2.33. The van der Waals surface area contributed by atoms with Gasteiger partial charge in [-0.3, -0.25) is 4.79 Å². The van der Waals surface area contributed by atoms with Crippen molar-refractivity contribution < 1.29 is 19.2 Å². The quantitative estimate of drug-likeness (QED) is 0.850. The van der Waals surface area contributed by atoms with Crippen LogP contribution in [-0.4, -0.2) is 27.7 Å². The molecule has 1 aliphatic carbocycles. The highest BCUT2D eigenvalue weighted by Gasteiger charge is 2.41. The van der Waals surface area contributed by atoms with Crippen molar-refractivity contribution in [1.29, 1.82) is 0 Å². The Labute approximate surface area is 104 Å². The van der Waals surface area contributed by atoms with E-state index in [-0.39, 0.29) is 5.76 Å². The van der Waals surface area contributed by atoms with Gasteiger partial charge in [0.25, 0.3) is 5.91 Å². The maximum Gasteiger partial charge on any atom is 0.329 e. The van der Waals surface area contributed by atoms with Gasteiger partial charge in [-0.1, -0.05) is 24.4 Å². The molecule has 1 aliphatic rings. The summed E-state index contributed by atoms with van der Waals surface area (Å²) in [5.41, 5.74) is -0.566. The molecule has 6 heteroatoms. The molecular formula is C12H16N2O4. The summed E-state index contributed by atoms with van der Waals surface area (Å²) in [6, 6.07) is 1.49. The Morgan fingerprint density at radius 1 is 1.39 bits per heavy atom. The third-order valence-electron chi connectivity index (χ3n) is 3.32. The molecule has 0 atom stereocenters. The normalized spacial score (nSPS) is 18.3. The number of carbonyl (C=O) groups is 2. The van der Waals surface area contributed by atoms with Gasteiger partial charge < -0.3 is 14.9 Å². The molecule has 1 aromatic heterocycles. The number of aromatic nitrogens is 1. The number of amides is 1. The first-order chi connectivity index (χ1) is 8.53. The van der Waals surface area contributed by atoms with Gasteiger partial charge in [-0.25, -0.2) is 4.79 Å². The molecule has 2 rings (SSSR count). The summed E-state index contributed by atoms with van der Waals surface area (Å²) in [7, 11) is 0. The molecule has 0 unspecified atom stereocenters. The maximum atomic E-state index is 11.9. The van der Waals surface area contributed by atoms with Crippen LogP contribution in [0.15, 0.2) is 10.6 Å². The van der Waals surface area contributed by atoms with Crippen LogP contribution in [0.2, 0.25) is 0 Å². The van der Waals surface area contributed by atoms with Gasteiger partial charge in [0.2, 0.25) is 5.76 Å². The lowest BCUT2D eigenvalue weighted by Crippen LogP contribution is -2.55. The van der Waals surface area contributed by atoms with Crippen LogP contribution in [0.3, 0.4) is 0 Å². The number of rotatable bonds is 3. The van der Waals surface area contributed by atoms with Crippen molar-refractivity contribution in [2.45, 2.75) is 44.6 Å². The molecule has 0 radical (unpaired) electrons. The number of nitrogens with zero attached hydrogens (tertiary/aromatic N) is 1. The Bertz CT molecular complexity index is 460. The van der Waals surface area contributed by atoms with E-state index in [9.17, 15) is 14.7 Å². The summed E-state index contributed by atoms with van der Waals surface area (Å²) in [5, 5.41) is 15.5. The molecule has 1 amide bonds. The minimum absolute atomic E-state index is 0.0544. The van der Waals surface area contributed by atoms with E-state index in [0.29, 0.717) is 18.5 Å². The zero-order chi connectivity index (χ0) is 13.2. The maximum absolute atomic E-state index is 11.9. The topological polar surface area (TPSA) is 92.4 Å². The van der Waals surface area contributed by atoms with Gasteiger partial charge in [0.1, 0.15) is 5.54 Å². The minimum atomic E-state index is -1.16. The Kier molecular flexibility index (Phi) is 3.36. The Balaban J connectivity index is 2.14. The van der Waals surface area contributed by atoms with Crippen molar-refractivity contribution >= 4 is 11.9 Å². The fourth-order valence-corrected chi connectivity index (χ4v) is 2.30. The lowest BCUT2D eigenvalue weighted by atomic mass is 9.81. The van der Waals surface area contributed by atoms with Crippen molar-refractivity contribution in [1.82, 2.24) is 10.5 Å². The van der Waals surface area contributed by atoms with E-state index < -0.39 is 17.4 Å². The summed E-state index contributed by atoms with van der Waals surface area (Å²) in [5.74, 6) is -1.44. The van der Waals surface area contributed by atoms with Crippen LogP contribution in [0, 0.1) is 6.92 Å². The lowest BCUT2D eigenvalue weighted by molar-refractivity contribution is -0.145. The zero-order valence-corrected chi connectivity index (χ0v) is 10.2. The van der Waals surface area contributed by atoms with Gasteiger partial charge in [0.15, 0.2) is 0 Å². The molecular weight excluding hydrogens is 236 g/mol. The largest absolute Gasteiger partial charge is 0.480 e. The monoisotopic (exact) mass is 252 g/mol. The number of aryl methyl sites for hydroxylation is 1. The first-order valence-electron chi connectivity index (χ1n) is 6.03. The number of carbonyl (C=O) groups excluding carboxylic acids is 1. The van der Waals surface area contributed by atoms with E-state index in [4.69, 9.17) is 4.52 Å². The summed E-state index contributed by atoms with van der Waals surface area (Å²) in [6.07, 6.45) is 3.54. The van der Waals surface area contributed by atoms with Gasteiger partial charge in [-0.05, 0) is 19.8 Å². The van der Waals surface area contributed by atoms with Crippen LogP contribution in [0.1, 0.15) is 48.4 Å². The molecule has 0 aliphatic heterocycles. The summed E-state index contributed by atoms with van der Waals surface area (Å²) < 4.78 is 4.84. The molecule has 0 saturated heterocycles. The highest BCUT2D eigenvalue weighted by molar-refractivity contribution is 5.95. The predicted octanol–water partition coefficient (Wildman–Crippen LogP) is 1.50. The molecule has 2 N–H and O–H groups in total. The summed E-state index contributed by atoms with van der Waals surface area (Å²) in [4.78, 5) is 23.3. The molecule has 1 saturated carbocycles. The SMILES string of the molecule is Cc1cc(C(=O)NC2(C(=O)O)CCCCC2)on1. The summed E-state index contributed by atoms with van der Waals surface area (Å²) >= 11 is 0. The smallest absolute Gasteiger partial charge is 0.329 e. The molecule has 18 heavy (non-hydrogen) atoms. The zero-order valence-electron chi connectivity index (χ0n) is 10.2. The van der Waals surface area contributed by atoms with E-state index in [0.717, 1.165) is 19.3 Å². The standard InChI is InChI=1S/C12H16N2O4/c1-8-7-9(18-14-8)10(15)13-12(11(16)17)5-3-2-4-6-12/h7H,2-6H2,1H3,(H,13,15)(H,16,17). The molecule has 1 heterocycles. The molecule has 0 aromatic carbocycles. The molecule has 0 spiro atoms. The van der Waals surface area contributed by atoms with E-state index in [2.05, 4.69) is 10.5 Å². The van der Waals surface area contributed by atoms with Gasteiger partial charge in [0, 0.05) is 6.07 Å². The van der Waals surface area contributed by atoms with Gasteiger partial charge in [-0.2, -0.15) is 0 Å². The van der Waals surface area contributed by atoms with Gasteiger partial charge in [-0.15, -0.1) is 0 Å². The minimum Gasteiger partial charge on any atom is -0.480 e. The van der Waals surface area contributed by atoms with Crippen molar-refractivity contribution in [3.05, 3.63) is 17.5 Å². The number of nitrogens with one attached hydrogen (secondary N) is 1. The first-order valence-corrected chi connectivity index (χ1v) is 6.03. The number of hydrogen-bond donors (Lipinski definition) is 2. The van der Waals surface area contributed by atoms with Crippen LogP contribution < -0.4 is 5.32 Å². The van der Waals surface area contributed by atoms with Crippen molar-refractivity contribution in [3.8, 4) is 0 Å². The van der Waals surface area contributed by atoms with E-state index in [1.807, 2.05) is 0 Å². The van der Waals surface area contributed by atoms with Gasteiger partial charge in [0.05, 0.1) is 5.69 Å². The van der Waals surface area contributed by atoms with Crippen LogP contribution in [-0.2, 0) is 4.79 Å². The Morgan fingerprint density at radius 2 is 2.06 bits per heavy atom. The Hall–Kier alpha value is -1.85. The fraction of sp³-hybridized carbons (Fsp3) is 0.583. The van der Waals surface area contributed by atoms with Crippen LogP contribution in [0.4, 0.5) is 0 Å². The second-order valence-electron chi connectivity index (χ2n) is 4.73. The predicted molar refractivity (Wildman–Crippen MR) is 62.2 cm³/mol. The van der Waals surface area contributed by atoms with Crippen molar-refractivity contribution in [2.24, 2.45) is 0 Å². The number of carboxylic acids is 1. The molecule has 1 fully saturated rings.